The van der Waals surface area contributed by atoms with Crippen molar-refractivity contribution in [1.82, 2.24) is 0 Å². The molecule has 0 radical (unpaired) electrons. The Morgan fingerprint density at radius 3 is 0.949 bits per heavy atom. The van der Waals surface area contributed by atoms with Gasteiger partial charge in [0.25, 0.3) is 6.29 Å². The molecular formula is C69H132NO8+. The van der Waals surface area contributed by atoms with E-state index in [1.54, 1.807) is 0 Å². The van der Waals surface area contributed by atoms with E-state index in [2.05, 4.69) is 38.2 Å². The lowest BCUT2D eigenvalue weighted by atomic mass is 10.0. The minimum Gasteiger partial charge on any atom is -0.477 e. The van der Waals surface area contributed by atoms with E-state index in [1.807, 2.05) is 21.1 Å². The topological polar surface area (TPSA) is 108 Å². The van der Waals surface area contributed by atoms with Crippen LogP contribution in [0.25, 0.3) is 0 Å². The van der Waals surface area contributed by atoms with Crippen molar-refractivity contribution < 1.29 is 42.9 Å². The van der Waals surface area contributed by atoms with E-state index >= 15 is 0 Å². The van der Waals surface area contributed by atoms with Crippen molar-refractivity contribution in [3.05, 3.63) is 24.3 Å². The number of carbonyl (C=O) groups excluding carboxylic acids is 2. The lowest BCUT2D eigenvalue weighted by Crippen LogP contribution is -2.40. The molecule has 0 aliphatic rings. The number of hydrogen-bond donors (Lipinski definition) is 1. The molecule has 460 valence electrons. The van der Waals surface area contributed by atoms with Crippen LogP contribution < -0.4 is 0 Å². The van der Waals surface area contributed by atoms with Gasteiger partial charge in [-0.05, 0) is 64.2 Å². The number of aliphatic carboxylic acids is 1. The summed E-state index contributed by atoms with van der Waals surface area (Å²) in [6.07, 6.45) is 71.6. The highest BCUT2D eigenvalue weighted by Crippen LogP contribution is 2.18. The average molecular weight is 1100 g/mol. The normalized spacial score (nSPS) is 12.8. The molecule has 9 nitrogen and oxygen atoms in total. The Bertz CT molecular complexity index is 1330. The molecule has 2 unspecified atom stereocenters. The van der Waals surface area contributed by atoms with Gasteiger partial charge in [-0.1, -0.05) is 289 Å². The number of allylic oxidation sites excluding steroid dienone is 4. The summed E-state index contributed by atoms with van der Waals surface area (Å²) in [5.74, 6) is -1.99. The third-order valence-electron chi connectivity index (χ3n) is 15.4. The maximum atomic E-state index is 12.9. The molecule has 0 amide bonds. The van der Waals surface area contributed by atoms with Crippen LogP contribution in [0.5, 0.6) is 0 Å². The first kappa shape index (κ1) is 75.8. The molecule has 0 spiro atoms. The Balaban J connectivity index is 3.97. The number of carboxylic acids is 1. The van der Waals surface area contributed by atoms with Crippen LogP contribution in [-0.4, -0.2) is 87.4 Å². The Morgan fingerprint density at radius 1 is 0.372 bits per heavy atom. The van der Waals surface area contributed by atoms with Gasteiger partial charge in [-0.2, -0.15) is 0 Å². The number of carboxylic acid groups (broad SMARTS) is 1. The quantitative estimate of drug-likeness (QED) is 0.0211. The van der Waals surface area contributed by atoms with Crippen molar-refractivity contribution in [3.63, 3.8) is 0 Å². The van der Waals surface area contributed by atoms with Crippen LogP contribution >= 0.6 is 0 Å². The number of rotatable bonds is 64. The van der Waals surface area contributed by atoms with E-state index in [9.17, 15) is 19.5 Å². The largest absolute Gasteiger partial charge is 0.477 e. The maximum absolute atomic E-state index is 12.9. The third kappa shape index (κ3) is 61.4. The SMILES string of the molecule is CCCCCCCCC/C=C\CCCCCCCC(=O)OCC(COC(OCC[N+](C)(C)C)C(=O)O)OC(=O)CCCCCCCCCCCCCCCCCCCCCCCCCCC/C=C\CCCCCCCCCC. The molecule has 2 atom stereocenters. The van der Waals surface area contributed by atoms with Gasteiger partial charge in [-0.15, -0.1) is 0 Å². The summed E-state index contributed by atoms with van der Waals surface area (Å²) in [7, 11) is 5.98. The second kappa shape index (κ2) is 60.9. The van der Waals surface area contributed by atoms with Crippen molar-refractivity contribution in [2.45, 2.75) is 354 Å². The minimum atomic E-state index is -1.51. The van der Waals surface area contributed by atoms with Crippen molar-refractivity contribution >= 4 is 17.9 Å². The van der Waals surface area contributed by atoms with Gasteiger partial charge in [-0.25, -0.2) is 4.79 Å². The smallest absolute Gasteiger partial charge is 0.361 e. The van der Waals surface area contributed by atoms with Crippen LogP contribution in [-0.2, 0) is 33.3 Å². The van der Waals surface area contributed by atoms with Gasteiger partial charge in [0.2, 0.25) is 0 Å². The molecule has 0 aromatic heterocycles. The number of ether oxygens (including phenoxy) is 4. The first-order chi connectivity index (χ1) is 38.1. The van der Waals surface area contributed by atoms with E-state index in [0.29, 0.717) is 17.4 Å². The number of hydrogen-bond acceptors (Lipinski definition) is 7. The van der Waals surface area contributed by atoms with Gasteiger partial charge in [0.15, 0.2) is 6.10 Å². The van der Waals surface area contributed by atoms with Crippen LogP contribution in [0, 0.1) is 0 Å². The second-order valence-electron chi connectivity index (χ2n) is 24.5. The lowest BCUT2D eigenvalue weighted by molar-refractivity contribution is -0.870. The fourth-order valence-corrected chi connectivity index (χ4v) is 10.2. The van der Waals surface area contributed by atoms with Gasteiger partial charge >= 0.3 is 17.9 Å². The first-order valence-corrected chi connectivity index (χ1v) is 34.0. The zero-order valence-corrected chi connectivity index (χ0v) is 52.6. The van der Waals surface area contributed by atoms with Gasteiger partial charge in [-0.3, -0.25) is 9.59 Å². The predicted octanol–water partition coefficient (Wildman–Crippen LogP) is 20.6. The summed E-state index contributed by atoms with van der Waals surface area (Å²) < 4.78 is 22.9. The van der Waals surface area contributed by atoms with Crippen LogP contribution in [0.15, 0.2) is 24.3 Å². The Kier molecular flexibility index (Phi) is 59.1. The van der Waals surface area contributed by atoms with Crippen LogP contribution in [0.4, 0.5) is 0 Å². The molecule has 0 aromatic rings. The Hall–Kier alpha value is -2.23. The highest BCUT2D eigenvalue weighted by Gasteiger charge is 2.25. The van der Waals surface area contributed by atoms with Crippen LogP contribution in [0.3, 0.4) is 0 Å². The number of nitrogens with zero attached hydrogens (tertiary/aromatic N) is 1. The molecule has 0 aromatic carbocycles. The van der Waals surface area contributed by atoms with Crippen molar-refractivity contribution in [1.29, 1.82) is 0 Å². The molecule has 0 saturated carbocycles. The van der Waals surface area contributed by atoms with Crippen LogP contribution in [0.2, 0.25) is 0 Å². The fourth-order valence-electron chi connectivity index (χ4n) is 10.2. The number of quaternary nitrogens is 1. The average Bonchev–Trinajstić information content (AvgIpc) is 3.41. The third-order valence-corrected chi connectivity index (χ3v) is 15.4. The molecule has 0 heterocycles. The Morgan fingerprint density at radius 2 is 0.654 bits per heavy atom. The number of unbranched alkanes of at least 4 members (excludes halogenated alkanes) is 45. The van der Waals surface area contributed by atoms with E-state index in [4.69, 9.17) is 18.9 Å². The molecule has 0 bridgehead atoms. The van der Waals surface area contributed by atoms with E-state index in [1.165, 1.54) is 263 Å². The summed E-state index contributed by atoms with van der Waals surface area (Å²) in [5, 5.41) is 9.72. The summed E-state index contributed by atoms with van der Waals surface area (Å²) in [4.78, 5) is 37.5. The number of esters is 2. The van der Waals surface area contributed by atoms with Crippen LogP contribution in [0.1, 0.15) is 341 Å². The lowest BCUT2D eigenvalue weighted by Gasteiger charge is -2.25. The molecule has 9 heteroatoms. The van der Waals surface area contributed by atoms with Gasteiger partial charge in [0.05, 0.1) is 34.4 Å². The molecule has 0 fully saturated rings. The molecule has 78 heavy (non-hydrogen) atoms. The molecule has 0 rings (SSSR count). The summed E-state index contributed by atoms with van der Waals surface area (Å²) >= 11 is 0. The van der Waals surface area contributed by atoms with Crippen molar-refractivity contribution in [3.8, 4) is 0 Å². The zero-order valence-electron chi connectivity index (χ0n) is 52.6. The van der Waals surface area contributed by atoms with E-state index in [0.717, 1.165) is 51.4 Å². The fraction of sp³-hybridized carbons (Fsp3) is 0.899. The summed E-state index contributed by atoms with van der Waals surface area (Å²) in [6, 6.07) is 0. The molecule has 0 aliphatic carbocycles. The number of likely N-dealkylation sites (N-methyl/N-ethyl adjacent to an activating group) is 1. The standard InChI is InChI=1S/C69H131NO8/c1-6-8-10-12-14-16-18-20-22-24-25-26-27-28-29-30-31-32-33-34-35-36-37-38-39-40-41-42-43-44-46-48-50-52-54-56-58-60-67(72)78-65(64-77-69(68(73)74)75-62-61-70(3,4)5)63-76-66(71)59-57-55-53-51-49-47-45-23-21-19-17-15-13-11-9-7-2/h23-25,45,65,69H,6-22,26-44,46-64H2,1-5H3/p+1/b25-24-,45-23-. The van der Waals surface area contributed by atoms with Crippen molar-refractivity contribution in [2.75, 3.05) is 47.5 Å². The number of carbonyl (C=O) groups is 3. The van der Waals surface area contributed by atoms with E-state index in [-0.39, 0.29) is 38.2 Å². The maximum Gasteiger partial charge on any atom is 0.361 e. The molecular weight excluding hydrogens is 971 g/mol. The Labute approximate surface area is 484 Å². The molecule has 0 aliphatic heterocycles. The first-order valence-electron chi connectivity index (χ1n) is 34.0. The predicted molar refractivity (Wildman–Crippen MR) is 332 cm³/mol. The monoisotopic (exact) mass is 1100 g/mol. The van der Waals surface area contributed by atoms with Gasteiger partial charge in [0.1, 0.15) is 13.2 Å². The van der Waals surface area contributed by atoms with Gasteiger partial charge in [0, 0.05) is 12.8 Å². The highest BCUT2D eigenvalue weighted by atomic mass is 16.7. The van der Waals surface area contributed by atoms with E-state index < -0.39 is 18.4 Å². The highest BCUT2D eigenvalue weighted by molar-refractivity contribution is 5.71. The van der Waals surface area contributed by atoms with Crippen molar-refractivity contribution in [2.24, 2.45) is 0 Å². The summed E-state index contributed by atoms with van der Waals surface area (Å²) in [5.41, 5.74) is 0. The zero-order chi connectivity index (χ0) is 56.9. The van der Waals surface area contributed by atoms with Gasteiger partial charge < -0.3 is 28.5 Å². The minimum absolute atomic E-state index is 0.181. The second-order valence-corrected chi connectivity index (χ2v) is 24.5. The summed E-state index contributed by atoms with van der Waals surface area (Å²) in [6.45, 7) is 4.92. The molecule has 0 saturated heterocycles. The molecule has 1 N–H and O–H groups in total.